The van der Waals surface area contributed by atoms with Gasteiger partial charge in [-0.3, -0.25) is 0 Å². The number of carboxylic acid groups (broad SMARTS) is 1. The predicted molar refractivity (Wildman–Crippen MR) is 51.8 cm³/mol. The first kappa shape index (κ1) is 11.0. The zero-order valence-corrected chi connectivity index (χ0v) is 8.92. The Hall–Kier alpha value is -1.10. The van der Waals surface area contributed by atoms with E-state index in [0.29, 0.717) is 4.47 Å². The average molecular weight is 263 g/mol. The van der Waals surface area contributed by atoms with Gasteiger partial charge in [-0.25, -0.2) is 9.18 Å². The van der Waals surface area contributed by atoms with Crippen LogP contribution in [0.1, 0.15) is 6.92 Å². The molecule has 0 fully saturated rings. The number of aliphatic carboxylic acids is 1. The van der Waals surface area contributed by atoms with Crippen LogP contribution in [-0.2, 0) is 4.79 Å². The average Bonchev–Trinajstić information content (AvgIpc) is 2.11. The summed E-state index contributed by atoms with van der Waals surface area (Å²) in [5.74, 6) is -1.38. The van der Waals surface area contributed by atoms with Gasteiger partial charge < -0.3 is 9.84 Å². The van der Waals surface area contributed by atoms with Crippen molar-refractivity contribution in [2.75, 3.05) is 0 Å². The van der Waals surface area contributed by atoms with Gasteiger partial charge in [0.1, 0.15) is 11.6 Å². The Kier molecular flexibility index (Phi) is 3.46. The molecule has 0 amide bonds. The summed E-state index contributed by atoms with van der Waals surface area (Å²) in [4.78, 5) is 10.4. The molecule has 0 heterocycles. The van der Waals surface area contributed by atoms with Crippen LogP contribution in [-0.4, -0.2) is 17.2 Å². The Balaban J connectivity index is 2.78. The summed E-state index contributed by atoms with van der Waals surface area (Å²) in [5.41, 5.74) is 0. The van der Waals surface area contributed by atoms with Gasteiger partial charge in [0.05, 0.1) is 4.47 Å². The Morgan fingerprint density at radius 2 is 2.29 bits per heavy atom. The first-order chi connectivity index (χ1) is 6.50. The van der Waals surface area contributed by atoms with E-state index in [-0.39, 0.29) is 5.75 Å². The van der Waals surface area contributed by atoms with Crippen molar-refractivity contribution in [2.24, 2.45) is 0 Å². The number of ether oxygens (including phenoxy) is 1. The standard InChI is InChI=1S/C9H8BrFO3/c1-5(9(12)13)14-6-2-3-7(10)8(11)4-6/h2-5H,1H3,(H,12,13). The Morgan fingerprint density at radius 1 is 1.64 bits per heavy atom. The normalized spacial score (nSPS) is 12.2. The summed E-state index contributed by atoms with van der Waals surface area (Å²) in [6.07, 6.45) is -0.990. The van der Waals surface area contributed by atoms with Crippen LogP contribution in [0.3, 0.4) is 0 Å². The molecule has 0 saturated carbocycles. The van der Waals surface area contributed by atoms with Gasteiger partial charge in [0, 0.05) is 6.07 Å². The van der Waals surface area contributed by atoms with Crippen molar-refractivity contribution in [2.45, 2.75) is 13.0 Å². The molecule has 0 aromatic heterocycles. The molecule has 76 valence electrons. The van der Waals surface area contributed by atoms with Crippen LogP contribution in [0.4, 0.5) is 4.39 Å². The van der Waals surface area contributed by atoms with Crippen LogP contribution in [0.5, 0.6) is 5.75 Å². The maximum Gasteiger partial charge on any atom is 0.344 e. The fourth-order valence-electron chi connectivity index (χ4n) is 0.805. The van der Waals surface area contributed by atoms with E-state index in [9.17, 15) is 9.18 Å². The summed E-state index contributed by atoms with van der Waals surface area (Å²) < 4.78 is 18.2. The Labute approximate surface area is 88.6 Å². The molecule has 1 aromatic rings. The molecule has 1 aromatic carbocycles. The molecule has 0 aliphatic heterocycles. The molecule has 0 bridgehead atoms. The van der Waals surface area contributed by atoms with Crippen molar-refractivity contribution >= 4 is 21.9 Å². The summed E-state index contributed by atoms with van der Waals surface area (Å²) >= 11 is 2.98. The first-order valence-electron chi connectivity index (χ1n) is 3.85. The third kappa shape index (κ3) is 2.70. The van der Waals surface area contributed by atoms with Gasteiger partial charge in [-0.05, 0) is 35.0 Å². The van der Waals surface area contributed by atoms with E-state index in [1.165, 1.54) is 19.1 Å². The van der Waals surface area contributed by atoms with E-state index in [1.807, 2.05) is 0 Å². The zero-order valence-electron chi connectivity index (χ0n) is 7.33. The van der Waals surface area contributed by atoms with Crippen LogP contribution < -0.4 is 4.74 Å². The minimum Gasteiger partial charge on any atom is -0.479 e. The maximum absolute atomic E-state index is 13.0. The highest BCUT2D eigenvalue weighted by atomic mass is 79.9. The van der Waals surface area contributed by atoms with E-state index in [2.05, 4.69) is 15.9 Å². The van der Waals surface area contributed by atoms with Gasteiger partial charge >= 0.3 is 5.97 Å². The lowest BCUT2D eigenvalue weighted by atomic mass is 10.3. The number of hydrogen-bond donors (Lipinski definition) is 1. The largest absolute Gasteiger partial charge is 0.479 e. The van der Waals surface area contributed by atoms with E-state index < -0.39 is 17.9 Å². The van der Waals surface area contributed by atoms with Crippen molar-refractivity contribution in [3.05, 3.63) is 28.5 Å². The molecule has 0 aliphatic carbocycles. The number of hydrogen-bond acceptors (Lipinski definition) is 2. The van der Waals surface area contributed by atoms with Crippen molar-refractivity contribution in [1.82, 2.24) is 0 Å². The molecule has 0 spiro atoms. The zero-order chi connectivity index (χ0) is 10.7. The van der Waals surface area contributed by atoms with Gasteiger partial charge in [0.25, 0.3) is 0 Å². The van der Waals surface area contributed by atoms with Crippen LogP contribution in [0.25, 0.3) is 0 Å². The quantitative estimate of drug-likeness (QED) is 0.910. The van der Waals surface area contributed by atoms with E-state index in [1.54, 1.807) is 0 Å². The lowest BCUT2D eigenvalue weighted by molar-refractivity contribution is -0.144. The van der Waals surface area contributed by atoms with Crippen LogP contribution >= 0.6 is 15.9 Å². The summed E-state index contributed by atoms with van der Waals surface area (Å²) in [7, 11) is 0. The van der Waals surface area contributed by atoms with E-state index >= 15 is 0 Å². The number of rotatable bonds is 3. The van der Waals surface area contributed by atoms with Gasteiger partial charge in [-0.1, -0.05) is 0 Å². The second kappa shape index (κ2) is 4.41. The molecular formula is C9H8BrFO3. The fraction of sp³-hybridized carbons (Fsp3) is 0.222. The van der Waals surface area contributed by atoms with Gasteiger partial charge in [0.2, 0.25) is 0 Å². The number of benzene rings is 1. The lowest BCUT2D eigenvalue weighted by Gasteiger charge is -2.10. The van der Waals surface area contributed by atoms with Crippen molar-refractivity contribution in [3.8, 4) is 5.75 Å². The third-order valence-corrected chi connectivity index (χ3v) is 2.19. The number of carbonyl (C=O) groups is 1. The van der Waals surface area contributed by atoms with E-state index in [0.717, 1.165) is 6.07 Å². The summed E-state index contributed by atoms with van der Waals surface area (Å²) in [6.45, 7) is 1.38. The van der Waals surface area contributed by atoms with Crippen LogP contribution in [0, 0.1) is 5.82 Å². The lowest BCUT2D eigenvalue weighted by Crippen LogP contribution is -2.22. The highest BCUT2D eigenvalue weighted by Crippen LogP contribution is 2.21. The van der Waals surface area contributed by atoms with Crippen molar-refractivity contribution in [1.29, 1.82) is 0 Å². The molecule has 0 radical (unpaired) electrons. The molecule has 0 saturated heterocycles. The SMILES string of the molecule is CC(Oc1ccc(Br)c(F)c1)C(=O)O. The smallest absolute Gasteiger partial charge is 0.344 e. The second-order valence-electron chi connectivity index (χ2n) is 2.67. The van der Waals surface area contributed by atoms with E-state index in [4.69, 9.17) is 9.84 Å². The van der Waals surface area contributed by atoms with Gasteiger partial charge in [-0.15, -0.1) is 0 Å². The van der Waals surface area contributed by atoms with Gasteiger partial charge in [-0.2, -0.15) is 0 Å². The highest BCUT2D eigenvalue weighted by molar-refractivity contribution is 9.10. The molecule has 3 nitrogen and oxygen atoms in total. The van der Waals surface area contributed by atoms with Crippen molar-refractivity contribution < 1.29 is 19.0 Å². The molecular weight excluding hydrogens is 255 g/mol. The topological polar surface area (TPSA) is 46.5 Å². The van der Waals surface area contributed by atoms with Crippen LogP contribution in [0.2, 0.25) is 0 Å². The minimum atomic E-state index is -1.09. The minimum absolute atomic E-state index is 0.195. The molecule has 5 heteroatoms. The Morgan fingerprint density at radius 3 is 2.79 bits per heavy atom. The summed E-state index contributed by atoms with van der Waals surface area (Å²) in [5, 5.41) is 8.54. The molecule has 1 rings (SSSR count). The Bertz CT molecular complexity index is 354. The van der Waals surface area contributed by atoms with Crippen molar-refractivity contribution in [3.63, 3.8) is 0 Å². The molecule has 1 atom stereocenters. The monoisotopic (exact) mass is 262 g/mol. The summed E-state index contributed by atoms with van der Waals surface area (Å²) in [6, 6.07) is 4.08. The molecule has 0 aliphatic rings. The molecule has 1 unspecified atom stereocenters. The molecule has 14 heavy (non-hydrogen) atoms. The number of halogens is 2. The fourth-order valence-corrected chi connectivity index (χ4v) is 1.05. The third-order valence-electron chi connectivity index (χ3n) is 1.55. The predicted octanol–water partition coefficient (Wildman–Crippen LogP) is 2.44. The van der Waals surface area contributed by atoms with Gasteiger partial charge in [0.15, 0.2) is 6.10 Å². The molecule has 1 N–H and O–H groups in total. The second-order valence-corrected chi connectivity index (χ2v) is 3.53. The van der Waals surface area contributed by atoms with Crippen LogP contribution in [0.15, 0.2) is 22.7 Å². The maximum atomic E-state index is 13.0. The first-order valence-corrected chi connectivity index (χ1v) is 4.64. The highest BCUT2D eigenvalue weighted by Gasteiger charge is 2.12. The number of carboxylic acids is 1.